The normalized spacial score (nSPS) is 19.0. The molecule has 0 bridgehead atoms. The average Bonchev–Trinajstić information content (AvgIpc) is 2.50. The van der Waals surface area contributed by atoms with E-state index in [2.05, 4.69) is 38.5 Å². The molecule has 1 aliphatic carbocycles. The number of hydrogen-bond acceptors (Lipinski definition) is 5. The molecule has 1 fully saturated rings. The first-order valence-corrected chi connectivity index (χ1v) is 7.51. The minimum Gasteiger partial charge on any atom is -0.370 e. The van der Waals surface area contributed by atoms with Crippen LogP contribution in [0.3, 0.4) is 0 Å². The van der Waals surface area contributed by atoms with Gasteiger partial charge in [0.15, 0.2) is 0 Å². The first-order valence-electron chi connectivity index (χ1n) is 7.51. The van der Waals surface area contributed by atoms with E-state index in [1.807, 2.05) is 12.4 Å². The van der Waals surface area contributed by atoms with Crippen molar-refractivity contribution < 1.29 is 0 Å². The lowest BCUT2D eigenvalue weighted by molar-refractivity contribution is 0.345. The molecule has 0 atom stereocenters. The summed E-state index contributed by atoms with van der Waals surface area (Å²) in [6, 6.07) is 6.52. The van der Waals surface area contributed by atoms with Crippen LogP contribution in [0.15, 0.2) is 36.9 Å². The monoisotopic (exact) mass is 355 g/mol. The zero-order valence-electron chi connectivity index (χ0n) is 12.9. The number of aromatic nitrogens is 3. The van der Waals surface area contributed by atoms with Gasteiger partial charge in [0, 0.05) is 42.7 Å². The highest BCUT2D eigenvalue weighted by atomic mass is 35.5. The topological polar surface area (TPSA) is 76.7 Å². The van der Waals surface area contributed by atoms with Gasteiger partial charge in [0.05, 0.1) is 0 Å². The molecular weight excluding hydrogens is 333 g/mol. The number of nitrogens with two attached hydrogens (primary N) is 1. The van der Waals surface area contributed by atoms with Gasteiger partial charge in [-0.1, -0.05) is 0 Å². The SMILES string of the molecule is Cl.Cl.NC1CC(c2cc(NCCCc3ccncc3)ncn2)C1. The lowest BCUT2D eigenvalue weighted by Crippen LogP contribution is -2.35. The van der Waals surface area contributed by atoms with Crippen LogP contribution < -0.4 is 11.1 Å². The molecule has 7 heteroatoms. The van der Waals surface area contributed by atoms with Crippen LogP contribution in [0.4, 0.5) is 5.82 Å². The van der Waals surface area contributed by atoms with Crippen LogP contribution in [0.2, 0.25) is 0 Å². The average molecular weight is 356 g/mol. The molecular formula is C16H23Cl2N5. The Morgan fingerprint density at radius 2 is 1.87 bits per heavy atom. The van der Waals surface area contributed by atoms with E-state index >= 15 is 0 Å². The molecule has 0 unspecified atom stereocenters. The molecule has 0 amide bonds. The molecule has 23 heavy (non-hydrogen) atoms. The summed E-state index contributed by atoms with van der Waals surface area (Å²) >= 11 is 0. The molecule has 5 nitrogen and oxygen atoms in total. The van der Waals surface area contributed by atoms with Crippen molar-refractivity contribution in [2.24, 2.45) is 5.73 Å². The molecule has 2 aromatic heterocycles. The van der Waals surface area contributed by atoms with Crippen molar-refractivity contribution in [2.45, 2.75) is 37.6 Å². The summed E-state index contributed by atoms with van der Waals surface area (Å²) in [4.78, 5) is 12.7. The largest absolute Gasteiger partial charge is 0.370 e. The molecule has 0 radical (unpaired) electrons. The Bertz CT molecular complexity index is 576. The summed E-state index contributed by atoms with van der Waals surface area (Å²) in [5.74, 6) is 1.43. The van der Waals surface area contributed by atoms with E-state index in [1.54, 1.807) is 6.33 Å². The quantitative estimate of drug-likeness (QED) is 0.779. The van der Waals surface area contributed by atoms with Crippen LogP contribution in [0.5, 0.6) is 0 Å². The summed E-state index contributed by atoms with van der Waals surface area (Å²) in [5, 5.41) is 3.37. The Hall–Kier alpha value is -1.43. The molecule has 0 spiro atoms. The van der Waals surface area contributed by atoms with Crippen LogP contribution >= 0.6 is 24.8 Å². The van der Waals surface area contributed by atoms with Gasteiger partial charge in [0.2, 0.25) is 0 Å². The number of halogens is 2. The van der Waals surface area contributed by atoms with E-state index in [1.165, 1.54) is 5.56 Å². The van der Waals surface area contributed by atoms with Crippen LogP contribution in [-0.4, -0.2) is 27.5 Å². The molecule has 0 saturated heterocycles. The van der Waals surface area contributed by atoms with Crippen LogP contribution in [0.25, 0.3) is 0 Å². The van der Waals surface area contributed by atoms with E-state index < -0.39 is 0 Å². The van der Waals surface area contributed by atoms with Crippen LogP contribution in [0.1, 0.15) is 36.4 Å². The van der Waals surface area contributed by atoms with Gasteiger partial charge in [0.1, 0.15) is 12.1 Å². The van der Waals surface area contributed by atoms with Crippen molar-refractivity contribution in [3.8, 4) is 0 Å². The maximum absolute atomic E-state index is 5.83. The van der Waals surface area contributed by atoms with Crippen molar-refractivity contribution in [3.05, 3.63) is 48.2 Å². The van der Waals surface area contributed by atoms with Gasteiger partial charge in [-0.3, -0.25) is 4.98 Å². The highest BCUT2D eigenvalue weighted by Gasteiger charge is 2.28. The second-order valence-corrected chi connectivity index (χ2v) is 5.64. The summed E-state index contributed by atoms with van der Waals surface area (Å²) in [6.07, 6.45) is 9.51. The second-order valence-electron chi connectivity index (χ2n) is 5.64. The van der Waals surface area contributed by atoms with Crippen molar-refractivity contribution in [3.63, 3.8) is 0 Å². The number of nitrogens with zero attached hydrogens (tertiary/aromatic N) is 3. The molecule has 2 heterocycles. The van der Waals surface area contributed by atoms with Crippen molar-refractivity contribution in [1.82, 2.24) is 15.0 Å². The van der Waals surface area contributed by atoms with E-state index in [0.717, 1.165) is 43.7 Å². The fourth-order valence-electron chi connectivity index (χ4n) is 2.65. The van der Waals surface area contributed by atoms with Gasteiger partial charge < -0.3 is 11.1 Å². The lowest BCUT2D eigenvalue weighted by atomic mass is 9.79. The predicted molar refractivity (Wildman–Crippen MR) is 97.5 cm³/mol. The van der Waals surface area contributed by atoms with Gasteiger partial charge in [-0.2, -0.15) is 0 Å². The smallest absolute Gasteiger partial charge is 0.129 e. The Morgan fingerprint density at radius 1 is 1.13 bits per heavy atom. The summed E-state index contributed by atoms with van der Waals surface area (Å²) in [5.41, 5.74) is 8.27. The van der Waals surface area contributed by atoms with E-state index in [-0.39, 0.29) is 24.8 Å². The third kappa shape index (κ3) is 5.61. The van der Waals surface area contributed by atoms with Gasteiger partial charge in [-0.25, -0.2) is 9.97 Å². The summed E-state index contributed by atoms with van der Waals surface area (Å²) in [7, 11) is 0. The lowest BCUT2D eigenvalue weighted by Gasteiger charge is -2.31. The number of pyridine rings is 1. The van der Waals surface area contributed by atoms with E-state index in [4.69, 9.17) is 5.73 Å². The third-order valence-electron chi connectivity index (χ3n) is 3.98. The highest BCUT2D eigenvalue weighted by Crippen LogP contribution is 2.34. The summed E-state index contributed by atoms with van der Waals surface area (Å²) < 4.78 is 0. The number of anilines is 1. The molecule has 126 valence electrons. The minimum absolute atomic E-state index is 0. The fourth-order valence-corrected chi connectivity index (χ4v) is 2.65. The molecule has 1 saturated carbocycles. The van der Waals surface area contributed by atoms with Gasteiger partial charge in [-0.05, 0) is 43.4 Å². The Kier molecular flexibility index (Phi) is 8.23. The minimum atomic E-state index is 0. The van der Waals surface area contributed by atoms with Gasteiger partial charge >= 0.3 is 0 Å². The molecule has 3 rings (SSSR count). The molecule has 3 N–H and O–H groups in total. The zero-order chi connectivity index (χ0) is 14.5. The van der Waals surface area contributed by atoms with Crippen LogP contribution in [-0.2, 0) is 6.42 Å². The van der Waals surface area contributed by atoms with E-state index in [0.29, 0.717) is 12.0 Å². The fraction of sp³-hybridized carbons (Fsp3) is 0.438. The number of aryl methyl sites for hydroxylation is 1. The zero-order valence-corrected chi connectivity index (χ0v) is 14.5. The molecule has 0 aromatic carbocycles. The van der Waals surface area contributed by atoms with Crippen molar-refractivity contribution >= 4 is 30.6 Å². The number of hydrogen-bond donors (Lipinski definition) is 2. The second kappa shape index (κ2) is 9.65. The molecule has 1 aliphatic rings. The van der Waals surface area contributed by atoms with Crippen molar-refractivity contribution in [1.29, 1.82) is 0 Å². The Balaban J connectivity index is 0.00000132. The van der Waals surface area contributed by atoms with Gasteiger partial charge in [-0.15, -0.1) is 24.8 Å². The molecule has 0 aliphatic heterocycles. The van der Waals surface area contributed by atoms with Gasteiger partial charge in [0.25, 0.3) is 0 Å². The summed E-state index contributed by atoms with van der Waals surface area (Å²) in [6.45, 7) is 0.906. The van der Waals surface area contributed by atoms with Crippen molar-refractivity contribution in [2.75, 3.05) is 11.9 Å². The first-order chi connectivity index (χ1) is 10.3. The molecule has 2 aromatic rings. The highest BCUT2D eigenvalue weighted by molar-refractivity contribution is 5.85. The third-order valence-corrected chi connectivity index (χ3v) is 3.98. The maximum atomic E-state index is 5.83. The Labute approximate surface area is 149 Å². The van der Waals surface area contributed by atoms with E-state index in [9.17, 15) is 0 Å². The predicted octanol–water partition coefficient (Wildman–Crippen LogP) is 2.96. The Morgan fingerprint density at radius 3 is 2.57 bits per heavy atom. The standard InChI is InChI=1S/C16H21N5.2ClH/c17-14-8-13(9-14)15-10-16(21-11-20-15)19-5-1-2-12-3-6-18-7-4-12;;/h3-4,6-7,10-11,13-14H,1-2,5,8-9,17H2,(H,19,20,21);2*1H. The number of rotatable bonds is 6. The maximum Gasteiger partial charge on any atom is 0.129 e. The number of nitrogens with one attached hydrogen (secondary N) is 1. The first kappa shape index (κ1) is 19.6. The van der Waals surface area contributed by atoms with Crippen LogP contribution in [0, 0.1) is 0 Å².